The third-order valence-corrected chi connectivity index (χ3v) is 5.55. The largest absolute Gasteiger partial charge is 0.422 e. The zero-order chi connectivity index (χ0) is 20.2. The predicted octanol–water partition coefficient (Wildman–Crippen LogP) is 1.71. The maximum absolute atomic E-state index is 13.3. The van der Waals surface area contributed by atoms with Crippen molar-refractivity contribution in [2.75, 3.05) is 4.90 Å². The van der Waals surface area contributed by atoms with Gasteiger partial charge in [0, 0.05) is 18.3 Å². The van der Waals surface area contributed by atoms with Crippen LogP contribution in [-0.4, -0.2) is 41.7 Å². The van der Waals surface area contributed by atoms with Crippen molar-refractivity contribution in [2.45, 2.75) is 31.8 Å². The Morgan fingerprint density at radius 2 is 1.86 bits per heavy atom. The molecule has 146 valence electrons. The second-order valence-corrected chi connectivity index (χ2v) is 7.76. The molecule has 2 saturated heterocycles. The molecule has 9 heteroatoms. The van der Waals surface area contributed by atoms with Crippen LogP contribution in [0, 0.1) is 11.8 Å². The molecule has 2 fully saturated rings. The van der Waals surface area contributed by atoms with Crippen molar-refractivity contribution >= 4 is 45.4 Å². The summed E-state index contributed by atoms with van der Waals surface area (Å²) < 4.78 is 17.0. The van der Waals surface area contributed by atoms with Crippen LogP contribution in [0.5, 0.6) is 0 Å². The number of hydrogen-bond donors (Lipinski definition) is 0. The Kier molecular flexibility index (Phi) is 4.39. The number of imide groups is 1. The molecule has 0 radical (unpaired) electrons. The van der Waals surface area contributed by atoms with Gasteiger partial charge in [-0.2, -0.15) is 0 Å². The van der Waals surface area contributed by atoms with Crippen LogP contribution in [0.4, 0.5) is 5.69 Å². The van der Waals surface area contributed by atoms with Crippen LogP contribution in [0.25, 0.3) is 0 Å². The summed E-state index contributed by atoms with van der Waals surface area (Å²) in [7, 11) is 0. The fourth-order valence-electron chi connectivity index (χ4n) is 4.09. The quantitative estimate of drug-likeness (QED) is 0.298. The third-order valence-electron chi connectivity index (χ3n) is 5.06. The second kappa shape index (κ2) is 6.52. The Morgan fingerprint density at radius 3 is 2.46 bits per heavy atom. The van der Waals surface area contributed by atoms with Gasteiger partial charge in [-0.15, -0.1) is 0 Å². The molecule has 3 aliphatic rings. The first-order valence-electron chi connectivity index (χ1n) is 8.59. The van der Waals surface area contributed by atoms with Crippen LogP contribution in [0.15, 0.2) is 40.9 Å². The van der Waals surface area contributed by atoms with Crippen LogP contribution in [0.2, 0.25) is 0 Å². The number of fused-ring (bicyclic) bond motifs is 5. The number of nitrogens with zero attached hydrogens (tertiary/aromatic N) is 1. The number of anilines is 1. The average Bonchev–Trinajstić information content (AvgIpc) is 3.25. The molecule has 28 heavy (non-hydrogen) atoms. The summed E-state index contributed by atoms with van der Waals surface area (Å²) in [5.41, 5.74) is -1.12. The molecule has 0 saturated carbocycles. The van der Waals surface area contributed by atoms with Crippen LogP contribution in [0.1, 0.15) is 13.8 Å². The number of ether oxygens (including phenoxy) is 3. The molecule has 3 heterocycles. The molecule has 2 amide bonds. The Bertz CT molecular complexity index is 913. The van der Waals surface area contributed by atoms with Crippen molar-refractivity contribution in [2.24, 2.45) is 11.8 Å². The van der Waals surface area contributed by atoms with E-state index in [1.807, 2.05) is 0 Å². The van der Waals surface area contributed by atoms with Crippen molar-refractivity contribution < 1.29 is 33.4 Å². The lowest BCUT2D eigenvalue weighted by Crippen LogP contribution is -2.52. The normalized spacial score (nSPS) is 30.1. The van der Waals surface area contributed by atoms with E-state index in [4.69, 9.17) is 14.2 Å². The molecule has 3 aliphatic heterocycles. The minimum Gasteiger partial charge on any atom is -0.422 e. The Balaban J connectivity index is 1.75. The van der Waals surface area contributed by atoms with E-state index >= 15 is 0 Å². The summed E-state index contributed by atoms with van der Waals surface area (Å²) >= 11 is 3.33. The van der Waals surface area contributed by atoms with E-state index < -0.39 is 53.6 Å². The lowest BCUT2D eigenvalue weighted by Gasteiger charge is -2.34. The van der Waals surface area contributed by atoms with Gasteiger partial charge in [-0.3, -0.25) is 19.2 Å². The first-order valence-corrected chi connectivity index (χ1v) is 9.39. The van der Waals surface area contributed by atoms with E-state index in [-0.39, 0.29) is 0 Å². The number of rotatable bonds is 4. The summed E-state index contributed by atoms with van der Waals surface area (Å²) in [4.78, 5) is 50.6. The molecule has 1 aromatic rings. The lowest BCUT2D eigenvalue weighted by atomic mass is 9.76. The van der Waals surface area contributed by atoms with E-state index in [0.717, 1.165) is 18.7 Å². The van der Waals surface area contributed by atoms with Gasteiger partial charge in [-0.25, -0.2) is 4.90 Å². The van der Waals surface area contributed by atoms with Gasteiger partial charge in [-0.1, -0.05) is 28.1 Å². The van der Waals surface area contributed by atoms with Crippen molar-refractivity contribution in [3.8, 4) is 0 Å². The first-order chi connectivity index (χ1) is 13.2. The molecule has 4 rings (SSSR count). The third kappa shape index (κ3) is 2.68. The highest BCUT2D eigenvalue weighted by Crippen LogP contribution is 2.54. The molecule has 8 nitrogen and oxygen atoms in total. The maximum Gasteiger partial charge on any atom is 0.305 e. The van der Waals surface area contributed by atoms with Gasteiger partial charge in [0.2, 0.25) is 11.8 Å². The lowest BCUT2D eigenvalue weighted by molar-refractivity contribution is -0.226. The fraction of sp³-hybridized carbons (Fsp3) is 0.368. The summed E-state index contributed by atoms with van der Waals surface area (Å²) in [6.45, 7) is 2.32. The summed E-state index contributed by atoms with van der Waals surface area (Å²) in [5, 5.41) is 0. The summed E-state index contributed by atoms with van der Waals surface area (Å²) in [6, 6.07) is 6.81. The van der Waals surface area contributed by atoms with Gasteiger partial charge in [0.1, 0.15) is 0 Å². The van der Waals surface area contributed by atoms with Gasteiger partial charge in [0.15, 0.2) is 5.60 Å². The highest BCUT2D eigenvalue weighted by atomic mass is 79.9. The van der Waals surface area contributed by atoms with Gasteiger partial charge < -0.3 is 14.2 Å². The maximum atomic E-state index is 13.3. The van der Waals surface area contributed by atoms with E-state index in [2.05, 4.69) is 15.9 Å². The Labute approximate surface area is 168 Å². The molecular formula is C19H16BrNO7. The predicted molar refractivity (Wildman–Crippen MR) is 97.7 cm³/mol. The van der Waals surface area contributed by atoms with Gasteiger partial charge in [0.05, 0.1) is 23.6 Å². The molecule has 0 aromatic heterocycles. The number of carbonyl (C=O) groups is 4. The van der Waals surface area contributed by atoms with Crippen LogP contribution in [-0.2, 0) is 33.4 Å². The molecule has 0 unspecified atom stereocenters. The molecule has 1 aromatic carbocycles. The second-order valence-electron chi connectivity index (χ2n) is 6.84. The van der Waals surface area contributed by atoms with Crippen LogP contribution in [0.3, 0.4) is 0 Å². The van der Waals surface area contributed by atoms with E-state index in [1.54, 1.807) is 36.4 Å². The Morgan fingerprint density at radius 1 is 1.18 bits per heavy atom. The number of amides is 2. The first kappa shape index (κ1) is 18.8. The van der Waals surface area contributed by atoms with Gasteiger partial charge in [-0.05, 0) is 24.3 Å². The number of esters is 2. The molecule has 0 aliphatic carbocycles. The van der Waals surface area contributed by atoms with E-state index in [0.29, 0.717) is 10.2 Å². The smallest absolute Gasteiger partial charge is 0.305 e. The average molecular weight is 450 g/mol. The number of hydrogen-bond acceptors (Lipinski definition) is 7. The molecule has 0 N–H and O–H groups in total. The highest BCUT2D eigenvalue weighted by Gasteiger charge is 2.72. The van der Waals surface area contributed by atoms with E-state index in [9.17, 15) is 19.2 Å². The van der Waals surface area contributed by atoms with Crippen LogP contribution >= 0.6 is 15.9 Å². The van der Waals surface area contributed by atoms with Crippen molar-refractivity contribution in [3.63, 3.8) is 0 Å². The minimum absolute atomic E-state index is 0.409. The fourth-order valence-corrected chi connectivity index (χ4v) is 4.47. The van der Waals surface area contributed by atoms with Crippen molar-refractivity contribution in [1.82, 2.24) is 0 Å². The van der Waals surface area contributed by atoms with Crippen LogP contribution < -0.4 is 4.90 Å². The molecule has 2 bridgehead atoms. The topological polar surface area (TPSA) is 99.2 Å². The van der Waals surface area contributed by atoms with Crippen molar-refractivity contribution in [1.29, 1.82) is 0 Å². The molecule has 0 spiro atoms. The summed E-state index contributed by atoms with van der Waals surface area (Å²) in [5.74, 6) is -4.07. The molecule has 4 atom stereocenters. The number of carbonyl (C=O) groups excluding carboxylic acids is 4. The van der Waals surface area contributed by atoms with E-state index in [1.165, 1.54) is 0 Å². The minimum atomic E-state index is -1.54. The zero-order valence-corrected chi connectivity index (χ0v) is 16.5. The number of benzene rings is 1. The van der Waals surface area contributed by atoms with Crippen molar-refractivity contribution in [3.05, 3.63) is 40.9 Å². The standard InChI is InChI=1S/C19H16BrNO7/c1-9(22)26-18(27-10(2)23)19-7-6-13(28-19)14-15(19)17(25)21(16(14)24)12-5-3-4-11(20)8-12/h3-8,13-15,18H,1-2H3/t13-,14+,15+,19+/m0/s1. The highest BCUT2D eigenvalue weighted by molar-refractivity contribution is 9.10. The van der Waals surface area contributed by atoms with Gasteiger partial charge in [0.25, 0.3) is 6.29 Å². The Hall–Kier alpha value is -2.52. The molecular weight excluding hydrogens is 434 g/mol. The monoisotopic (exact) mass is 449 g/mol. The summed E-state index contributed by atoms with van der Waals surface area (Å²) in [6.07, 6.45) is 1.03. The van der Waals surface area contributed by atoms with Gasteiger partial charge >= 0.3 is 11.9 Å². The SMILES string of the molecule is CC(=O)OC(OC(C)=O)[C@]12C=C[C@H](O1)[C@H]1C(=O)N(c3cccc(Br)c3)C(=O)[C@@H]12. The number of halogens is 1. The zero-order valence-electron chi connectivity index (χ0n) is 15.0.